The number of H-pyrrole nitrogens is 1. The van der Waals surface area contributed by atoms with Crippen LogP contribution in [0.25, 0.3) is 10.9 Å². The second-order valence-electron chi connectivity index (χ2n) is 3.68. The van der Waals surface area contributed by atoms with Crippen molar-refractivity contribution in [3.05, 3.63) is 35.8 Å². The smallest absolute Gasteiger partial charge is 0.350 e. The number of amides is 1. The summed E-state index contributed by atoms with van der Waals surface area (Å²) in [5.41, 5.74) is 0.242. The summed E-state index contributed by atoms with van der Waals surface area (Å²) >= 11 is 0. The van der Waals surface area contributed by atoms with E-state index in [1.54, 1.807) is 5.32 Å². The van der Waals surface area contributed by atoms with Crippen molar-refractivity contribution in [2.24, 2.45) is 0 Å². The highest BCUT2D eigenvalue weighted by Gasteiger charge is 2.28. The molecule has 0 bridgehead atoms. The van der Waals surface area contributed by atoms with Crippen molar-refractivity contribution in [1.82, 2.24) is 10.3 Å². The standard InChI is InChI=1S/C11H8F4N2O/c12-7-2-1-3-8-6(7)4-9(17-8)10(18)16-5-11(13,14)15/h1-4,17H,5H2,(H,16,18). The summed E-state index contributed by atoms with van der Waals surface area (Å²) in [5, 5.41) is 1.86. The van der Waals surface area contributed by atoms with Gasteiger partial charge in [-0.05, 0) is 18.2 Å². The molecule has 0 spiro atoms. The number of hydrogen-bond donors (Lipinski definition) is 2. The van der Waals surface area contributed by atoms with Gasteiger partial charge in [-0.15, -0.1) is 0 Å². The van der Waals surface area contributed by atoms with Crippen LogP contribution in [0.1, 0.15) is 10.5 Å². The molecule has 1 heterocycles. The molecule has 0 atom stereocenters. The van der Waals surface area contributed by atoms with Crippen LogP contribution in [-0.2, 0) is 0 Å². The first kappa shape index (κ1) is 12.4. The zero-order valence-electron chi connectivity index (χ0n) is 8.94. The maximum absolute atomic E-state index is 13.3. The van der Waals surface area contributed by atoms with E-state index in [1.807, 2.05) is 0 Å². The fraction of sp³-hybridized carbons (Fsp3) is 0.182. The molecule has 96 valence electrons. The number of alkyl halides is 3. The largest absolute Gasteiger partial charge is 0.405 e. The molecular weight excluding hydrogens is 252 g/mol. The molecule has 2 aromatic rings. The van der Waals surface area contributed by atoms with Crippen LogP contribution in [0.4, 0.5) is 17.6 Å². The lowest BCUT2D eigenvalue weighted by Gasteiger charge is -2.06. The highest BCUT2D eigenvalue weighted by atomic mass is 19.4. The zero-order valence-corrected chi connectivity index (χ0v) is 8.94. The average molecular weight is 260 g/mol. The van der Waals surface area contributed by atoms with E-state index in [-0.39, 0.29) is 11.1 Å². The van der Waals surface area contributed by atoms with Crippen LogP contribution >= 0.6 is 0 Å². The van der Waals surface area contributed by atoms with Crippen molar-refractivity contribution in [3.8, 4) is 0 Å². The monoisotopic (exact) mass is 260 g/mol. The number of benzene rings is 1. The predicted molar refractivity (Wildman–Crippen MR) is 56.6 cm³/mol. The molecule has 0 radical (unpaired) electrons. The van der Waals surface area contributed by atoms with Crippen LogP contribution in [-0.4, -0.2) is 23.6 Å². The molecule has 2 rings (SSSR count). The first-order chi connectivity index (χ1) is 8.37. The Morgan fingerprint density at radius 1 is 1.33 bits per heavy atom. The van der Waals surface area contributed by atoms with E-state index < -0.39 is 24.4 Å². The summed E-state index contributed by atoms with van der Waals surface area (Å²) in [4.78, 5) is 14.0. The van der Waals surface area contributed by atoms with Gasteiger partial charge in [-0.2, -0.15) is 13.2 Å². The van der Waals surface area contributed by atoms with Gasteiger partial charge in [-0.3, -0.25) is 4.79 Å². The van der Waals surface area contributed by atoms with Crippen molar-refractivity contribution in [2.45, 2.75) is 6.18 Å². The second kappa shape index (κ2) is 4.32. The number of nitrogens with one attached hydrogen (secondary N) is 2. The highest BCUT2D eigenvalue weighted by Crippen LogP contribution is 2.19. The molecule has 1 aromatic carbocycles. The Bertz CT molecular complexity index is 588. The van der Waals surface area contributed by atoms with Gasteiger partial charge in [0.15, 0.2) is 0 Å². The van der Waals surface area contributed by atoms with Crippen molar-refractivity contribution in [1.29, 1.82) is 0 Å². The Morgan fingerprint density at radius 3 is 2.67 bits per heavy atom. The molecule has 0 fully saturated rings. The van der Waals surface area contributed by atoms with Crippen molar-refractivity contribution in [2.75, 3.05) is 6.54 Å². The van der Waals surface area contributed by atoms with E-state index >= 15 is 0 Å². The van der Waals surface area contributed by atoms with Gasteiger partial charge in [0.2, 0.25) is 0 Å². The number of fused-ring (bicyclic) bond motifs is 1. The lowest BCUT2D eigenvalue weighted by Crippen LogP contribution is -2.33. The van der Waals surface area contributed by atoms with E-state index in [0.29, 0.717) is 5.52 Å². The minimum Gasteiger partial charge on any atom is -0.350 e. The molecule has 1 amide bonds. The summed E-state index contributed by atoms with van der Waals surface area (Å²) in [6, 6.07) is 5.34. The minimum absolute atomic E-state index is 0.112. The summed E-state index contributed by atoms with van der Waals surface area (Å²) < 4.78 is 49.1. The van der Waals surface area contributed by atoms with Gasteiger partial charge in [-0.25, -0.2) is 4.39 Å². The van der Waals surface area contributed by atoms with Gasteiger partial charge < -0.3 is 10.3 Å². The Kier molecular flexibility index (Phi) is 2.98. The van der Waals surface area contributed by atoms with Crippen LogP contribution in [0.3, 0.4) is 0 Å². The predicted octanol–water partition coefficient (Wildman–Crippen LogP) is 2.60. The van der Waals surface area contributed by atoms with E-state index in [4.69, 9.17) is 0 Å². The maximum atomic E-state index is 13.3. The van der Waals surface area contributed by atoms with Gasteiger partial charge in [-0.1, -0.05) is 6.07 Å². The second-order valence-corrected chi connectivity index (χ2v) is 3.68. The molecule has 18 heavy (non-hydrogen) atoms. The summed E-state index contributed by atoms with van der Waals surface area (Å²) in [5.74, 6) is -1.47. The lowest BCUT2D eigenvalue weighted by atomic mass is 10.2. The van der Waals surface area contributed by atoms with Crippen molar-refractivity contribution in [3.63, 3.8) is 0 Å². The summed E-state index contributed by atoms with van der Waals surface area (Å²) in [7, 11) is 0. The van der Waals surface area contributed by atoms with Crippen LogP contribution in [0.2, 0.25) is 0 Å². The van der Waals surface area contributed by atoms with E-state index in [1.165, 1.54) is 24.3 Å². The van der Waals surface area contributed by atoms with Gasteiger partial charge in [0, 0.05) is 10.9 Å². The molecule has 0 aliphatic carbocycles. The SMILES string of the molecule is O=C(NCC(F)(F)F)c1cc2c(F)cccc2[nH]1. The highest BCUT2D eigenvalue weighted by molar-refractivity contribution is 5.98. The van der Waals surface area contributed by atoms with Crippen LogP contribution in [0.15, 0.2) is 24.3 Å². The Hall–Kier alpha value is -2.05. The third-order valence-corrected chi connectivity index (χ3v) is 2.30. The number of carbonyl (C=O) groups excluding carboxylic acids is 1. The van der Waals surface area contributed by atoms with Crippen molar-refractivity contribution >= 4 is 16.8 Å². The van der Waals surface area contributed by atoms with Crippen molar-refractivity contribution < 1.29 is 22.4 Å². The Morgan fingerprint density at radius 2 is 2.06 bits per heavy atom. The molecule has 1 aromatic heterocycles. The maximum Gasteiger partial charge on any atom is 0.405 e. The van der Waals surface area contributed by atoms with E-state index in [9.17, 15) is 22.4 Å². The number of aromatic amines is 1. The number of rotatable bonds is 2. The normalized spacial score (nSPS) is 11.8. The molecule has 0 saturated heterocycles. The fourth-order valence-corrected chi connectivity index (χ4v) is 1.52. The number of halogens is 4. The van der Waals surface area contributed by atoms with Gasteiger partial charge in [0.1, 0.15) is 18.1 Å². The fourth-order valence-electron chi connectivity index (χ4n) is 1.52. The first-order valence-electron chi connectivity index (χ1n) is 4.99. The van der Waals surface area contributed by atoms with Crippen LogP contribution in [0.5, 0.6) is 0 Å². The first-order valence-corrected chi connectivity index (χ1v) is 4.99. The van der Waals surface area contributed by atoms with E-state index in [0.717, 1.165) is 0 Å². The molecule has 0 saturated carbocycles. The molecule has 2 N–H and O–H groups in total. The number of aromatic nitrogens is 1. The zero-order chi connectivity index (χ0) is 13.3. The van der Waals surface area contributed by atoms with Crippen LogP contribution < -0.4 is 5.32 Å². The summed E-state index contributed by atoms with van der Waals surface area (Å²) in [6.45, 7) is -1.43. The summed E-state index contributed by atoms with van der Waals surface area (Å²) in [6.07, 6.45) is -4.48. The van der Waals surface area contributed by atoms with Gasteiger partial charge >= 0.3 is 6.18 Å². The quantitative estimate of drug-likeness (QED) is 0.801. The van der Waals surface area contributed by atoms with Crippen LogP contribution in [0, 0.1) is 5.82 Å². The number of carbonyl (C=O) groups is 1. The van der Waals surface area contributed by atoms with Gasteiger partial charge in [0.25, 0.3) is 5.91 Å². The van der Waals surface area contributed by atoms with E-state index in [2.05, 4.69) is 4.98 Å². The third kappa shape index (κ3) is 2.61. The topological polar surface area (TPSA) is 44.9 Å². The Labute approximate surface area is 98.8 Å². The van der Waals surface area contributed by atoms with Gasteiger partial charge in [0.05, 0.1) is 0 Å². The molecular formula is C11H8F4N2O. The molecule has 7 heteroatoms. The molecule has 0 unspecified atom stereocenters. The Balaban J connectivity index is 2.21. The molecule has 0 aliphatic heterocycles. The molecule has 0 aliphatic rings. The molecule has 3 nitrogen and oxygen atoms in total. The lowest BCUT2D eigenvalue weighted by molar-refractivity contribution is -0.123. The number of hydrogen-bond acceptors (Lipinski definition) is 1. The minimum atomic E-state index is -4.48. The average Bonchev–Trinajstić information content (AvgIpc) is 2.70. The third-order valence-electron chi connectivity index (χ3n) is 2.30.